The predicted molar refractivity (Wildman–Crippen MR) is 64.8 cm³/mol. The summed E-state index contributed by atoms with van der Waals surface area (Å²) in [6.07, 6.45) is 5.33. The molecule has 14 heavy (non-hydrogen) atoms. The number of hydrogen-bond acceptors (Lipinski definition) is 2. The maximum absolute atomic E-state index is 5.74. The van der Waals surface area contributed by atoms with E-state index >= 15 is 0 Å². The summed E-state index contributed by atoms with van der Waals surface area (Å²) in [7, 11) is 0. The molecule has 1 heterocycles. The van der Waals surface area contributed by atoms with Gasteiger partial charge in [0.2, 0.25) is 0 Å². The van der Waals surface area contributed by atoms with Crippen LogP contribution in [-0.2, 0) is 13.0 Å². The summed E-state index contributed by atoms with van der Waals surface area (Å²) in [4.78, 5) is 0. The van der Waals surface area contributed by atoms with E-state index in [4.69, 9.17) is 5.73 Å². The topological polar surface area (TPSA) is 30.9 Å². The van der Waals surface area contributed by atoms with Gasteiger partial charge in [-0.25, -0.2) is 0 Å². The Morgan fingerprint density at radius 2 is 2.36 bits per heavy atom. The summed E-state index contributed by atoms with van der Waals surface area (Å²) in [5.41, 5.74) is 7.09. The van der Waals surface area contributed by atoms with Crippen molar-refractivity contribution in [1.29, 1.82) is 0 Å². The second-order valence-corrected chi connectivity index (χ2v) is 5.03. The Morgan fingerprint density at radius 1 is 1.57 bits per heavy atom. The Morgan fingerprint density at radius 3 is 3.00 bits per heavy atom. The number of rotatable bonds is 6. The molecule has 0 bridgehead atoms. The van der Waals surface area contributed by atoms with Gasteiger partial charge in [0.05, 0.1) is 0 Å². The van der Waals surface area contributed by atoms with Gasteiger partial charge in [-0.3, -0.25) is 0 Å². The molecule has 0 saturated heterocycles. The molecule has 1 aromatic heterocycles. The molecule has 1 atom stereocenters. The van der Waals surface area contributed by atoms with Crippen LogP contribution in [0.3, 0.4) is 0 Å². The van der Waals surface area contributed by atoms with Crippen molar-refractivity contribution in [1.82, 2.24) is 4.57 Å². The first-order chi connectivity index (χ1) is 6.72. The summed E-state index contributed by atoms with van der Waals surface area (Å²) in [6, 6.07) is 2.43. The molecule has 1 rings (SSSR count). The van der Waals surface area contributed by atoms with Crippen molar-refractivity contribution in [3.05, 3.63) is 24.0 Å². The fourth-order valence-corrected chi connectivity index (χ4v) is 2.07. The maximum atomic E-state index is 5.74. The SMILES string of the molecule is CCSCCn1ccc(CC(C)N)c1. The monoisotopic (exact) mass is 212 g/mol. The lowest BCUT2D eigenvalue weighted by molar-refractivity contribution is 0.728. The van der Waals surface area contributed by atoms with Crippen molar-refractivity contribution in [2.45, 2.75) is 32.9 Å². The quantitative estimate of drug-likeness (QED) is 0.732. The standard InChI is InChI=1S/C11H20N2S/c1-3-14-7-6-13-5-4-11(9-13)8-10(2)12/h4-5,9-10H,3,6-8,12H2,1-2H3. The number of nitrogens with two attached hydrogens (primary N) is 1. The van der Waals surface area contributed by atoms with Gasteiger partial charge < -0.3 is 10.3 Å². The molecule has 1 unspecified atom stereocenters. The zero-order valence-electron chi connectivity index (χ0n) is 9.07. The first-order valence-corrected chi connectivity index (χ1v) is 6.35. The zero-order valence-corrected chi connectivity index (χ0v) is 9.89. The van der Waals surface area contributed by atoms with Crippen LogP contribution in [0.4, 0.5) is 0 Å². The van der Waals surface area contributed by atoms with Crippen molar-refractivity contribution in [3.63, 3.8) is 0 Å². The van der Waals surface area contributed by atoms with Crippen LogP contribution in [0.25, 0.3) is 0 Å². The summed E-state index contributed by atoms with van der Waals surface area (Å²) >= 11 is 1.98. The molecule has 3 heteroatoms. The normalized spacial score (nSPS) is 13.1. The van der Waals surface area contributed by atoms with Crippen molar-refractivity contribution in [3.8, 4) is 0 Å². The van der Waals surface area contributed by atoms with Crippen molar-refractivity contribution in [2.75, 3.05) is 11.5 Å². The molecule has 0 aliphatic heterocycles. The van der Waals surface area contributed by atoms with Gasteiger partial charge in [-0.05, 0) is 30.7 Å². The highest BCUT2D eigenvalue weighted by Gasteiger charge is 1.99. The molecule has 2 nitrogen and oxygen atoms in total. The minimum absolute atomic E-state index is 0.260. The van der Waals surface area contributed by atoms with Crippen LogP contribution < -0.4 is 5.73 Å². The lowest BCUT2D eigenvalue weighted by atomic mass is 10.1. The van der Waals surface area contributed by atoms with Gasteiger partial charge in [-0.1, -0.05) is 6.92 Å². The van der Waals surface area contributed by atoms with Crippen LogP contribution >= 0.6 is 11.8 Å². The van der Waals surface area contributed by atoms with Crippen molar-refractivity contribution < 1.29 is 0 Å². The first-order valence-electron chi connectivity index (χ1n) is 5.20. The molecule has 0 fully saturated rings. The molecule has 1 aromatic rings. The lowest BCUT2D eigenvalue weighted by Gasteiger charge is -2.02. The van der Waals surface area contributed by atoms with Gasteiger partial charge in [0.1, 0.15) is 0 Å². The predicted octanol–water partition coefficient (Wildman–Crippen LogP) is 2.13. The molecule has 0 spiro atoms. The lowest BCUT2D eigenvalue weighted by Crippen LogP contribution is -2.17. The van der Waals surface area contributed by atoms with E-state index in [0.717, 1.165) is 13.0 Å². The fourth-order valence-electron chi connectivity index (χ4n) is 1.44. The van der Waals surface area contributed by atoms with Crippen molar-refractivity contribution in [2.24, 2.45) is 5.73 Å². The van der Waals surface area contributed by atoms with E-state index in [0.29, 0.717) is 0 Å². The number of nitrogens with zero attached hydrogens (tertiary/aromatic N) is 1. The molecular weight excluding hydrogens is 192 g/mol. The minimum atomic E-state index is 0.260. The van der Waals surface area contributed by atoms with Gasteiger partial charge in [0, 0.05) is 30.7 Å². The van der Waals surface area contributed by atoms with Crippen LogP contribution in [0.5, 0.6) is 0 Å². The second-order valence-electron chi connectivity index (χ2n) is 3.64. The molecule has 0 radical (unpaired) electrons. The van der Waals surface area contributed by atoms with E-state index in [9.17, 15) is 0 Å². The summed E-state index contributed by atoms with van der Waals surface area (Å²) < 4.78 is 2.25. The number of aromatic nitrogens is 1. The van der Waals surface area contributed by atoms with Gasteiger partial charge in [-0.2, -0.15) is 11.8 Å². The summed E-state index contributed by atoms with van der Waals surface area (Å²) in [5.74, 6) is 2.40. The van der Waals surface area contributed by atoms with Crippen LogP contribution in [0.1, 0.15) is 19.4 Å². The molecule has 0 saturated carbocycles. The largest absolute Gasteiger partial charge is 0.353 e. The Hall–Kier alpha value is -0.410. The summed E-state index contributed by atoms with van der Waals surface area (Å²) in [5, 5.41) is 0. The van der Waals surface area contributed by atoms with Gasteiger partial charge in [0.15, 0.2) is 0 Å². The van der Waals surface area contributed by atoms with E-state index < -0.39 is 0 Å². The average Bonchev–Trinajstić information content (AvgIpc) is 2.52. The number of hydrogen-bond donors (Lipinski definition) is 1. The van der Waals surface area contributed by atoms with Crippen LogP contribution in [0.2, 0.25) is 0 Å². The van der Waals surface area contributed by atoms with E-state index in [1.165, 1.54) is 17.1 Å². The Bertz CT molecular complexity index is 256. The first kappa shape index (κ1) is 11.7. The molecule has 0 aliphatic carbocycles. The zero-order chi connectivity index (χ0) is 10.4. The molecule has 80 valence electrons. The third-order valence-electron chi connectivity index (χ3n) is 2.07. The smallest absolute Gasteiger partial charge is 0.0310 e. The van der Waals surface area contributed by atoms with Crippen LogP contribution in [0.15, 0.2) is 18.5 Å². The molecule has 0 aliphatic rings. The van der Waals surface area contributed by atoms with E-state index in [2.05, 4.69) is 30.0 Å². The van der Waals surface area contributed by atoms with Gasteiger partial charge in [-0.15, -0.1) is 0 Å². The van der Waals surface area contributed by atoms with E-state index in [-0.39, 0.29) is 6.04 Å². The molecule has 0 aromatic carbocycles. The molecular formula is C11H20N2S. The highest BCUT2D eigenvalue weighted by atomic mass is 32.2. The molecule has 2 N–H and O–H groups in total. The highest BCUT2D eigenvalue weighted by molar-refractivity contribution is 7.99. The second kappa shape index (κ2) is 6.14. The van der Waals surface area contributed by atoms with E-state index in [1.807, 2.05) is 18.7 Å². The third kappa shape index (κ3) is 4.20. The van der Waals surface area contributed by atoms with Crippen LogP contribution in [0, 0.1) is 0 Å². The van der Waals surface area contributed by atoms with E-state index in [1.54, 1.807) is 0 Å². The van der Waals surface area contributed by atoms with Gasteiger partial charge in [0.25, 0.3) is 0 Å². The third-order valence-corrected chi connectivity index (χ3v) is 2.95. The fraction of sp³-hybridized carbons (Fsp3) is 0.636. The number of aryl methyl sites for hydroxylation is 1. The maximum Gasteiger partial charge on any atom is 0.0310 e. The highest BCUT2D eigenvalue weighted by Crippen LogP contribution is 2.06. The van der Waals surface area contributed by atoms with Gasteiger partial charge >= 0.3 is 0 Å². The Balaban J connectivity index is 2.35. The minimum Gasteiger partial charge on any atom is -0.353 e. The van der Waals surface area contributed by atoms with Crippen LogP contribution in [-0.4, -0.2) is 22.1 Å². The Kier molecular flexibility index (Phi) is 5.12. The number of thioether (sulfide) groups is 1. The molecule has 0 amide bonds. The van der Waals surface area contributed by atoms with Crippen molar-refractivity contribution >= 4 is 11.8 Å². The Labute approximate surface area is 90.9 Å². The summed E-state index contributed by atoms with van der Waals surface area (Å²) in [6.45, 7) is 5.35. The average molecular weight is 212 g/mol.